The molecule has 0 saturated heterocycles. The highest BCUT2D eigenvalue weighted by Gasteiger charge is 2.16. The molecule has 0 aliphatic rings. The predicted octanol–water partition coefficient (Wildman–Crippen LogP) is 2.86. The number of aromatic hydroxyl groups is 2. The van der Waals surface area contributed by atoms with E-state index in [0.717, 1.165) is 21.8 Å². The molecule has 1 amide bonds. The molecule has 2 rings (SSSR count). The quantitative estimate of drug-likeness (QED) is 0.318. The van der Waals surface area contributed by atoms with Crippen molar-refractivity contribution in [2.45, 2.75) is 0 Å². The lowest BCUT2D eigenvalue weighted by Crippen LogP contribution is -2.12. The van der Waals surface area contributed by atoms with Gasteiger partial charge in [0.25, 0.3) is 11.6 Å². The van der Waals surface area contributed by atoms with Crippen LogP contribution < -0.4 is 5.32 Å². The molecule has 0 aliphatic carbocycles. The van der Waals surface area contributed by atoms with Crippen LogP contribution in [0.1, 0.15) is 10.4 Å². The zero-order valence-electron chi connectivity index (χ0n) is 10.4. The van der Waals surface area contributed by atoms with Gasteiger partial charge in [-0.25, -0.2) is 0 Å². The summed E-state index contributed by atoms with van der Waals surface area (Å²) in [5.41, 5.74) is -0.366. The van der Waals surface area contributed by atoms with E-state index in [9.17, 15) is 25.1 Å². The van der Waals surface area contributed by atoms with Crippen molar-refractivity contribution in [3.05, 3.63) is 55.6 Å². The van der Waals surface area contributed by atoms with Crippen LogP contribution in [0.2, 0.25) is 0 Å². The summed E-state index contributed by atoms with van der Waals surface area (Å²) >= 11 is 1.98. The van der Waals surface area contributed by atoms with Crippen LogP contribution in [0.15, 0.2) is 36.4 Å². The number of benzene rings is 2. The van der Waals surface area contributed by atoms with Gasteiger partial charge in [0.2, 0.25) is 0 Å². The van der Waals surface area contributed by atoms with E-state index in [1.165, 1.54) is 12.1 Å². The van der Waals surface area contributed by atoms with Gasteiger partial charge in [-0.2, -0.15) is 0 Å². The molecule has 0 unspecified atom stereocenters. The van der Waals surface area contributed by atoms with Crippen molar-refractivity contribution >= 4 is 39.9 Å². The number of amides is 1. The SMILES string of the molecule is O=C(Nc1cc([N+](=O)[O-])ccc1O)c1cc(I)ccc1O. The minimum Gasteiger partial charge on any atom is -0.507 e. The third kappa shape index (κ3) is 3.40. The zero-order chi connectivity index (χ0) is 15.6. The summed E-state index contributed by atoms with van der Waals surface area (Å²) in [6.45, 7) is 0. The van der Waals surface area contributed by atoms with Gasteiger partial charge < -0.3 is 15.5 Å². The van der Waals surface area contributed by atoms with Gasteiger partial charge in [0.05, 0.1) is 16.2 Å². The summed E-state index contributed by atoms with van der Waals surface area (Å²) in [6, 6.07) is 7.72. The summed E-state index contributed by atoms with van der Waals surface area (Å²) in [6.07, 6.45) is 0. The zero-order valence-corrected chi connectivity index (χ0v) is 12.6. The minimum atomic E-state index is -0.679. The number of nitrogens with one attached hydrogen (secondary N) is 1. The Bertz CT molecular complexity index is 732. The first kappa shape index (κ1) is 15.0. The van der Waals surface area contributed by atoms with Gasteiger partial charge >= 0.3 is 0 Å². The number of phenolic OH excluding ortho intramolecular Hbond substituents is 2. The molecule has 21 heavy (non-hydrogen) atoms. The minimum absolute atomic E-state index is 0.00723. The number of non-ortho nitro benzene ring substituents is 1. The second-order valence-electron chi connectivity index (χ2n) is 4.07. The Kier molecular flexibility index (Phi) is 4.26. The molecule has 0 radical (unpaired) electrons. The smallest absolute Gasteiger partial charge is 0.271 e. The van der Waals surface area contributed by atoms with E-state index >= 15 is 0 Å². The Labute approximate surface area is 132 Å². The van der Waals surface area contributed by atoms with E-state index in [4.69, 9.17) is 0 Å². The van der Waals surface area contributed by atoms with Crippen LogP contribution in [0.4, 0.5) is 11.4 Å². The Morgan fingerprint density at radius 2 is 1.81 bits per heavy atom. The van der Waals surface area contributed by atoms with Crippen molar-refractivity contribution in [3.63, 3.8) is 0 Å². The third-order valence-electron chi connectivity index (χ3n) is 2.64. The largest absolute Gasteiger partial charge is 0.507 e. The van der Waals surface area contributed by atoms with Gasteiger partial charge in [-0.05, 0) is 46.9 Å². The Morgan fingerprint density at radius 1 is 1.14 bits per heavy atom. The number of phenols is 2. The monoisotopic (exact) mass is 400 g/mol. The Hall–Kier alpha value is -2.36. The fourth-order valence-corrected chi connectivity index (χ4v) is 2.11. The maximum Gasteiger partial charge on any atom is 0.271 e. The van der Waals surface area contributed by atoms with Gasteiger partial charge in [-0.1, -0.05) is 0 Å². The molecule has 0 bridgehead atoms. The maximum atomic E-state index is 12.1. The first-order valence-electron chi connectivity index (χ1n) is 5.66. The van der Waals surface area contributed by atoms with Gasteiger partial charge in [0.1, 0.15) is 11.5 Å². The topological polar surface area (TPSA) is 113 Å². The molecular formula is C13H9IN2O5. The fourth-order valence-electron chi connectivity index (χ4n) is 1.62. The summed E-state index contributed by atoms with van der Waals surface area (Å²) in [5, 5.41) is 32.3. The summed E-state index contributed by atoms with van der Waals surface area (Å²) in [7, 11) is 0. The molecule has 2 aromatic rings. The normalized spacial score (nSPS) is 10.1. The van der Waals surface area contributed by atoms with Gasteiger partial charge in [-0.3, -0.25) is 14.9 Å². The number of hydrogen-bond acceptors (Lipinski definition) is 5. The maximum absolute atomic E-state index is 12.1. The van der Waals surface area contributed by atoms with E-state index in [0.29, 0.717) is 0 Å². The number of nitro benzene ring substituents is 1. The van der Waals surface area contributed by atoms with Crippen LogP contribution in [-0.2, 0) is 0 Å². The molecular weight excluding hydrogens is 391 g/mol. The van der Waals surface area contributed by atoms with Crippen molar-refractivity contribution in [2.75, 3.05) is 5.32 Å². The Balaban J connectivity index is 2.33. The number of carbonyl (C=O) groups excluding carboxylic acids is 1. The van der Waals surface area contributed by atoms with E-state index < -0.39 is 10.8 Å². The van der Waals surface area contributed by atoms with E-state index in [-0.39, 0.29) is 28.4 Å². The average Bonchev–Trinajstić information content (AvgIpc) is 2.43. The average molecular weight is 400 g/mol. The van der Waals surface area contributed by atoms with Crippen LogP contribution in [0.5, 0.6) is 11.5 Å². The molecule has 0 heterocycles. The fraction of sp³-hybridized carbons (Fsp3) is 0. The van der Waals surface area contributed by atoms with Gasteiger partial charge in [0, 0.05) is 15.7 Å². The summed E-state index contributed by atoms with van der Waals surface area (Å²) < 4.78 is 0.735. The molecule has 3 N–H and O–H groups in total. The lowest BCUT2D eigenvalue weighted by molar-refractivity contribution is -0.384. The highest BCUT2D eigenvalue weighted by Crippen LogP contribution is 2.29. The number of halogens is 1. The van der Waals surface area contributed by atoms with Crippen LogP contribution in [0.25, 0.3) is 0 Å². The van der Waals surface area contributed by atoms with E-state index in [1.807, 2.05) is 22.6 Å². The summed E-state index contributed by atoms with van der Waals surface area (Å²) in [5.74, 6) is -1.21. The molecule has 108 valence electrons. The number of rotatable bonds is 3. The molecule has 0 spiro atoms. The van der Waals surface area contributed by atoms with Crippen molar-refractivity contribution in [2.24, 2.45) is 0 Å². The number of carbonyl (C=O) groups is 1. The van der Waals surface area contributed by atoms with Crippen molar-refractivity contribution in [1.29, 1.82) is 0 Å². The molecule has 0 saturated carbocycles. The molecule has 2 aromatic carbocycles. The predicted molar refractivity (Wildman–Crippen MR) is 83.5 cm³/mol. The van der Waals surface area contributed by atoms with E-state index in [2.05, 4.69) is 5.32 Å². The highest BCUT2D eigenvalue weighted by atomic mass is 127. The third-order valence-corrected chi connectivity index (χ3v) is 3.31. The highest BCUT2D eigenvalue weighted by molar-refractivity contribution is 14.1. The van der Waals surface area contributed by atoms with Crippen LogP contribution >= 0.6 is 22.6 Å². The first-order valence-corrected chi connectivity index (χ1v) is 6.73. The second kappa shape index (κ2) is 5.95. The number of nitro groups is 1. The lowest BCUT2D eigenvalue weighted by atomic mass is 10.1. The number of nitrogens with zero attached hydrogens (tertiary/aromatic N) is 1. The molecule has 0 aromatic heterocycles. The van der Waals surface area contributed by atoms with Gasteiger partial charge in [0.15, 0.2) is 0 Å². The molecule has 0 aliphatic heterocycles. The number of anilines is 1. The van der Waals surface area contributed by atoms with Crippen molar-refractivity contribution < 1.29 is 19.9 Å². The van der Waals surface area contributed by atoms with Crippen molar-refractivity contribution in [3.8, 4) is 11.5 Å². The lowest BCUT2D eigenvalue weighted by Gasteiger charge is -2.08. The Morgan fingerprint density at radius 3 is 2.48 bits per heavy atom. The molecule has 8 heteroatoms. The van der Waals surface area contributed by atoms with Crippen LogP contribution in [0.3, 0.4) is 0 Å². The molecule has 7 nitrogen and oxygen atoms in total. The first-order chi connectivity index (χ1) is 9.88. The summed E-state index contributed by atoms with van der Waals surface area (Å²) in [4.78, 5) is 22.1. The van der Waals surface area contributed by atoms with Crippen LogP contribution in [-0.4, -0.2) is 21.0 Å². The van der Waals surface area contributed by atoms with Crippen molar-refractivity contribution in [1.82, 2.24) is 0 Å². The van der Waals surface area contributed by atoms with Gasteiger partial charge in [-0.15, -0.1) is 0 Å². The molecule has 0 fully saturated rings. The second-order valence-corrected chi connectivity index (χ2v) is 5.32. The standard InChI is InChI=1S/C13H9IN2O5/c14-7-1-3-11(17)9(5-7)13(19)15-10-6-8(16(20)21)2-4-12(10)18/h1-6,17-18H,(H,15,19). The molecule has 0 atom stereocenters. The van der Waals surface area contributed by atoms with E-state index in [1.54, 1.807) is 6.07 Å². The number of hydrogen-bond donors (Lipinski definition) is 3. The van der Waals surface area contributed by atoms with Crippen LogP contribution in [0, 0.1) is 13.7 Å².